The molecule has 0 bridgehead atoms. The zero-order chi connectivity index (χ0) is 13.9. The smallest absolute Gasteiger partial charge is 0.0821 e. The van der Waals surface area contributed by atoms with Crippen molar-refractivity contribution in [2.45, 2.75) is 13.5 Å². The topological polar surface area (TPSA) is 76.7 Å². The maximum absolute atomic E-state index is 5.99. The molecule has 0 atom stereocenters. The molecule has 1 aromatic carbocycles. The summed E-state index contributed by atoms with van der Waals surface area (Å²) in [6.45, 7) is 2.59. The molecule has 3 N–H and O–H groups in total. The van der Waals surface area contributed by atoms with Crippen molar-refractivity contribution in [1.82, 2.24) is 15.2 Å². The Morgan fingerprint density at radius 2 is 2.10 bits per heavy atom. The van der Waals surface area contributed by atoms with Crippen LogP contribution in [0.5, 0.6) is 0 Å². The van der Waals surface area contributed by atoms with Crippen molar-refractivity contribution in [2.75, 3.05) is 11.1 Å². The zero-order valence-corrected chi connectivity index (χ0v) is 11.2. The number of aromatic nitrogens is 3. The molecule has 0 aliphatic rings. The van der Waals surface area contributed by atoms with Crippen LogP contribution in [0.4, 0.5) is 11.4 Å². The minimum Gasteiger partial charge on any atom is -0.398 e. The first kappa shape index (κ1) is 12.3. The lowest BCUT2D eigenvalue weighted by molar-refractivity contribution is 0.926. The van der Waals surface area contributed by atoms with Crippen LogP contribution in [0.2, 0.25) is 0 Å². The third-order valence-corrected chi connectivity index (χ3v) is 3.16. The van der Waals surface area contributed by atoms with Gasteiger partial charge >= 0.3 is 0 Å². The first-order valence-corrected chi connectivity index (χ1v) is 6.39. The Bertz CT molecular complexity index is 740. The fourth-order valence-electron chi connectivity index (χ4n) is 2.13. The van der Waals surface area contributed by atoms with Gasteiger partial charge in [0.05, 0.1) is 12.2 Å². The van der Waals surface area contributed by atoms with Gasteiger partial charge in [0.2, 0.25) is 0 Å². The van der Waals surface area contributed by atoms with Crippen molar-refractivity contribution in [1.29, 1.82) is 0 Å². The Morgan fingerprint density at radius 1 is 1.20 bits per heavy atom. The maximum atomic E-state index is 5.99. The summed E-state index contributed by atoms with van der Waals surface area (Å²) >= 11 is 0. The van der Waals surface area contributed by atoms with Gasteiger partial charge in [-0.15, -0.1) is 0 Å². The monoisotopic (exact) mass is 265 g/mol. The average molecular weight is 265 g/mol. The number of anilines is 2. The molecule has 2 heterocycles. The summed E-state index contributed by atoms with van der Waals surface area (Å²) in [6.07, 6.45) is 3.48. The molecule has 0 aliphatic heterocycles. The standard InChI is InChI=1S/C15H15N5/c1-10-7-12-13(9-17-10)14(16)4-5-15(12)18-8-11-3-2-6-19-20-11/h2-7,9,18H,8,16H2,1H3. The van der Waals surface area contributed by atoms with Crippen LogP contribution in [0.15, 0.2) is 42.7 Å². The number of hydrogen-bond acceptors (Lipinski definition) is 5. The van der Waals surface area contributed by atoms with Gasteiger partial charge in [-0.1, -0.05) is 0 Å². The van der Waals surface area contributed by atoms with Crippen molar-refractivity contribution in [3.8, 4) is 0 Å². The van der Waals surface area contributed by atoms with Crippen LogP contribution in [-0.2, 0) is 6.54 Å². The molecule has 3 aromatic rings. The van der Waals surface area contributed by atoms with E-state index in [1.165, 1.54) is 0 Å². The van der Waals surface area contributed by atoms with Gasteiger partial charge in [-0.2, -0.15) is 10.2 Å². The van der Waals surface area contributed by atoms with Crippen molar-refractivity contribution in [3.05, 3.63) is 54.1 Å². The van der Waals surface area contributed by atoms with E-state index in [2.05, 4.69) is 20.5 Å². The molecule has 3 rings (SSSR count). The summed E-state index contributed by atoms with van der Waals surface area (Å²) in [4.78, 5) is 4.30. The number of nitrogens with two attached hydrogens (primary N) is 1. The number of hydrogen-bond donors (Lipinski definition) is 2. The molecule has 20 heavy (non-hydrogen) atoms. The van der Waals surface area contributed by atoms with E-state index < -0.39 is 0 Å². The minimum absolute atomic E-state index is 0.619. The molecule has 0 saturated heterocycles. The van der Waals surface area contributed by atoms with Gasteiger partial charge in [0.15, 0.2) is 0 Å². The number of pyridine rings is 1. The van der Waals surface area contributed by atoms with E-state index in [1.807, 2.05) is 43.5 Å². The lowest BCUT2D eigenvalue weighted by Crippen LogP contribution is -2.03. The number of nitrogens with zero attached hydrogens (tertiary/aromatic N) is 3. The molecule has 5 nitrogen and oxygen atoms in total. The van der Waals surface area contributed by atoms with E-state index in [0.29, 0.717) is 6.54 Å². The van der Waals surface area contributed by atoms with Gasteiger partial charge in [-0.25, -0.2) is 0 Å². The number of aryl methyl sites for hydroxylation is 1. The molecular formula is C15H15N5. The largest absolute Gasteiger partial charge is 0.398 e. The van der Waals surface area contributed by atoms with E-state index in [4.69, 9.17) is 5.73 Å². The predicted molar refractivity (Wildman–Crippen MR) is 80.3 cm³/mol. The summed E-state index contributed by atoms with van der Waals surface area (Å²) in [5.41, 5.74) is 9.60. The highest BCUT2D eigenvalue weighted by Crippen LogP contribution is 2.28. The van der Waals surface area contributed by atoms with Gasteiger partial charge in [0, 0.05) is 40.2 Å². The third-order valence-electron chi connectivity index (χ3n) is 3.16. The van der Waals surface area contributed by atoms with Gasteiger partial charge in [-0.3, -0.25) is 4.98 Å². The predicted octanol–water partition coefficient (Wildman–Crippen LogP) is 2.53. The molecule has 100 valence electrons. The average Bonchev–Trinajstić information content (AvgIpc) is 2.47. The Kier molecular flexibility index (Phi) is 3.16. The lowest BCUT2D eigenvalue weighted by atomic mass is 10.1. The highest BCUT2D eigenvalue weighted by Gasteiger charge is 2.05. The summed E-state index contributed by atoms with van der Waals surface area (Å²) in [6, 6.07) is 9.71. The van der Waals surface area contributed by atoms with E-state index in [1.54, 1.807) is 6.20 Å². The molecule has 0 aliphatic carbocycles. The van der Waals surface area contributed by atoms with Crippen LogP contribution < -0.4 is 11.1 Å². The van der Waals surface area contributed by atoms with E-state index >= 15 is 0 Å². The third kappa shape index (κ3) is 2.38. The van der Waals surface area contributed by atoms with E-state index in [-0.39, 0.29) is 0 Å². The van der Waals surface area contributed by atoms with Gasteiger partial charge in [-0.05, 0) is 37.3 Å². The van der Waals surface area contributed by atoms with Gasteiger partial charge in [0.25, 0.3) is 0 Å². The number of fused-ring (bicyclic) bond motifs is 1. The molecule has 2 aromatic heterocycles. The highest BCUT2D eigenvalue weighted by atomic mass is 15.1. The molecule has 0 saturated carbocycles. The minimum atomic E-state index is 0.619. The molecule has 0 radical (unpaired) electrons. The number of nitrogens with one attached hydrogen (secondary N) is 1. The van der Waals surface area contributed by atoms with Crippen molar-refractivity contribution in [3.63, 3.8) is 0 Å². The quantitative estimate of drug-likeness (QED) is 0.712. The molecule has 0 spiro atoms. The Labute approximate surface area is 116 Å². The number of rotatable bonds is 3. The van der Waals surface area contributed by atoms with E-state index in [9.17, 15) is 0 Å². The lowest BCUT2D eigenvalue weighted by Gasteiger charge is -2.11. The van der Waals surface area contributed by atoms with Gasteiger partial charge < -0.3 is 11.1 Å². The van der Waals surface area contributed by atoms with Crippen LogP contribution in [0.1, 0.15) is 11.4 Å². The second-order valence-electron chi connectivity index (χ2n) is 4.64. The van der Waals surface area contributed by atoms with Crippen LogP contribution in [-0.4, -0.2) is 15.2 Å². The fraction of sp³-hybridized carbons (Fsp3) is 0.133. The maximum Gasteiger partial charge on any atom is 0.0821 e. The zero-order valence-electron chi connectivity index (χ0n) is 11.2. The van der Waals surface area contributed by atoms with E-state index in [0.717, 1.165) is 33.5 Å². The summed E-state index contributed by atoms with van der Waals surface area (Å²) in [7, 11) is 0. The van der Waals surface area contributed by atoms with Crippen LogP contribution in [0.3, 0.4) is 0 Å². The second kappa shape index (κ2) is 5.13. The first-order chi connectivity index (χ1) is 9.74. The molecule has 0 fully saturated rings. The summed E-state index contributed by atoms with van der Waals surface area (Å²) < 4.78 is 0. The highest BCUT2D eigenvalue weighted by molar-refractivity contribution is 6.00. The molecular weight excluding hydrogens is 250 g/mol. The van der Waals surface area contributed by atoms with Crippen molar-refractivity contribution < 1.29 is 0 Å². The first-order valence-electron chi connectivity index (χ1n) is 6.39. The molecule has 0 unspecified atom stereocenters. The molecule has 0 amide bonds. The number of nitrogen functional groups attached to an aromatic ring is 1. The fourth-order valence-corrected chi connectivity index (χ4v) is 2.13. The second-order valence-corrected chi connectivity index (χ2v) is 4.64. The van der Waals surface area contributed by atoms with Gasteiger partial charge in [0.1, 0.15) is 0 Å². The van der Waals surface area contributed by atoms with Crippen molar-refractivity contribution in [2.24, 2.45) is 0 Å². The normalized spacial score (nSPS) is 10.7. The summed E-state index contributed by atoms with van der Waals surface area (Å²) in [5, 5.41) is 13.3. The number of benzene rings is 1. The van der Waals surface area contributed by atoms with Crippen LogP contribution in [0.25, 0.3) is 10.8 Å². The molecule has 5 heteroatoms. The Morgan fingerprint density at radius 3 is 2.90 bits per heavy atom. The van der Waals surface area contributed by atoms with Crippen LogP contribution >= 0.6 is 0 Å². The SMILES string of the molecule is Cc1cc2c(NCc3cccnn3)ccc(N)c2cn1. The Balaban J connectivity index is 1.95. The summed E-state index contributed by atoms with van der Waals surface area (Å²) in [5.74, 6) is 0. The Hall–Kier alpha value is -2.69. The van der Waals surface area contributed by atoms with Crippen molar-refractivity contribution >= 4 is 22.1 Å². The van der Waals surface area contributed by atoms with Crippen LogP contribution in [0, 0.1) is 6.92 Å².